The van der Waals surface area contributed by atoms with Crippen molar-refractivity contribution in [1.82, 2.24) is 0 Å². The van der Waals surface area contributed by atoms with Gasteiger partial charge in [0.1, 0.15) is 11.4 Å². The lowest BCUT2D eigenvalue weighted by molar-refractivity contribution is -0.493. The molecule has 1 aromatic rings. The van der Waals surface area contributed by atoms with Crippen LogP contribution in [-0.2, 0) is 0 Å². The number of hydrogen-bond acceptors (Lipinski definition) is 3. The van der Waals surface area contributed by atoms with Gasteiger partial charge in [0.05, 0.1) is 0 Å². The Labute approximate surface area is 73.0 Å². The quantitative estimate of drug-likeness (QED) is 0.374. The lowest BCUT2D eigenvalue weighted by Gasteiger charge is -2.04. The van der Waals surface area contributed by atoms with E-state index in [2.05, 4.69) is 0 Å². The first-order valence-electron chi connectivity index (χ1n) is 3.64. The van der Waals surface area contributed by atoms with Crippen molar-refractivity contribution in [2.45, 2.75) is 0 Å². The van der Waals surface area contributed by atoms with Crippen LogP contribution in [0.2, 0.25) is 0 Å². The van der Waals surface area contributed by atoms with E-state index in [1.807, 2.05) is 0 Å². The third-order valence-corrected chi connectivity index (χ3v) is 1.88. The number of benzene rings is 1. The number of nitrogens with zero attached hydrogens (tertiary/aromatic N) is 3. The van der Waals surface area contributed by atoms with Crippen LogP contribution in [0.3, 0.4) is 0 Å². The Hall–Kier alpha value is -1.85. The number of fused-ring (bicyclic) bond motifs is 1. The molecule has 0 bridgehead atoms. The summed E-state index contributed by atoms with van der Waals surface area (Å²) in [6, 6.07) is 6.28. The van der Waals surface area contributed by atoms with E-state index in [0.29, 0.717) is 5.12 Å². The minimum absolute atomic E-state index is 0.235. The third-order valence-electron chi connectivity index (χ3n) is 1.88. The fourth-order valence-electron chi connectivity index (χ4n) is 1.30. The van der Waals surface area contributed by atoms with E-state index in [1.165, 1.54) is 12.1 Å². The maximum Gasteiger partial charge on any atom is 0.186 e. The minimum atomic E-state index is -0.627. The van der Waals surface area contributed by atoms with Gasteiger partial charge in [-0.3, -0.25) is 0 Å². The Morgan fingerprint density at radius 3 is 2.62 bits per heavy atom. The molecule has 0 aromatic heterocycles. The molecule has 0 atom stereocenters. The average Bonchev–Trinajstić information content (AvgIpc) is 2.45. The molecule has 0 saturated carbocycles. The van der Waals surface area contributed by atoms with Gasteiger partial charge < -0.3 is 0 Å². The lowest BCUT2D eigenvalue weighted by Crippen LogP contribution is -2.31. The van der Waals surface area contributed by atoms with Gasteiger partial charge in [-0.25, -0.2) is 10.1 Å². The summed E-state index contributed by atoms with van der Waals surface area (Å²) in [7, 11) is 0. The van der Waals surface area contributed by atoms with Gasteiger partial charge in [0, 0.05) is 0 Å². The standard InChI is InChI=1S/C7H6FN3O2/c8-9-5-10(11(12)13)7-4-2-1-3-6(7)9/h1-4H,5H2. The molecular formula is C7H6FN3O2. The van der Waals surface area contributed by atoms with E-state index in [9.17, 15) is 14.6 Å². The largest absolute Gasteiger partial charge is 0.234 e. The fourth-order valence-corrected chi connectivity index (χ4v) is 1.30. The molecule has 5 nitrogen and oxygen atoms in total. The number of rotatable bonds is 1. The Morgan fingerprint density at radius 1 is 1.38 bits per heavy atom. The molecule has 68 valence electrons. The summed E-state index contributed by atoms with van der Waals surface area (Å²) in [5.41, 5.74) is 0.522. The normalized spacial score (nSPS) is 14.5. The minimum Gasteiger partial charge on any atom is -0.234 e. The van der Waals surface area contributed by atoms with Crippen LogP contribution in [0, 0.1) is 10.1 Å². The topological polar surface area (TPSA) is 49.6 Å². The fraction of sp³-hybridized carbons (Fsp3) is 0.143. The second-order valence-corrected chi connectivity index (χ2v) is 2.63. The summed E-state index contributed by atoms with van der Waals surface area (Å²) in [6.45, 7) is -0.355. The van der Waals surface area contributed by atoms with Crippen LogP contribution < -0.4 is 10.1 Å². The number of para-hydroxylation sites is 2. The van der Waals surface area contributed by atoms with Crippen molar-refractivity contribution in [2.24, 2.45) is 0 Å². The van der Waals surface area contributed by atoms with Crippen molar-refractivity contribution in [3.63, 3.8) is 0 Å². The van der Waals surface area contributed by atoms with Gasteiger partial charge >= 0.3 is 0 Å². The van der Waals surface area contributed by atoms with Crippen LogP contribution in [0.5, 0.6) is 0 Å². The molecule has 1 aliphatic rings. The van der Waals surface area contributed by atoms with E-state index >= 15 is 0 Å². The van der Waals surface area contributed by atoms with Crippen molar-refractivity contribution < 1.29 is 9.51 Å². The van der Waals surface area contributed by atoms with Crippen LogP contribution in [0.1, 0.15) is 0 Å². The monoisotopic (exact) mass is 183 g/mol. The van der Waals surface area contributed by atoms with E-state index < -0.39 is 5.03 Å². The van der Waals surface area contributed by atoms with E-state index in [-0.39, 0.29) is 18.0 Å². The summed E-state index contributed by atoms with van der Waals surface area (Å²) < 4.78 is 13.0. The zero-order chi connectivity index (χ0) is 9.42. The molecule has 0 aliphatic carbocycles. The zero-order valence-corrected chi connectivity index (χ0v) is 6.55. The molecule has 0 radical (unpaired) electrons. The smallest absolute Gasteiger partial charge is 0.186 e. The summed E-state index contributed by atoms with van der Waals surface area (Å²) in [5, 5.41) is 10.9. The predicted molar refractivity (Wildman–Crippen MR) is 44.4 cm³/mol. The van der Waals surface area contributed by atoms with E-state index in [1.54, 1.807) is 12.1 Å². The maximum atomic E-state index is 13.0. The van der Waals surface area contributed by atoms with Crippen molar-refractivity contribution in [3.05, 3.63) is 34.4 Å². The first-order chi connectivity index (χ1) is 6.20. The highest BCUT2D eigenvalue weighted by molar-refractivity contribution is 5.73. The third kappa shape index (κ3) is 1.07. The number of hydrazine groups is 1. The molecule has 6 heteroatoms. The van der Waals surface area contributed by atoms with Gasteiger partial charge in [-0.2, -0.15) is 5.12 Å². The number of halogens is 1. The van der Waals surface area contributed by atoms with Gasteiger partial charge in [0.25, 0.3) is 0 Å². The molecule has 2 rings (SSSR count). The van der Waals surface area contributed by atoms with Gasteiger partial charge in [0.15, 0.2) is 11.7 Å². The average molecular weight is 183 g/mol. The SMILES string of the molecule is O=[N+]([O-])N1CN(F)c2ccccc21. The number of hydrogen-bond donors (Lipinski definition) is 0. The molecule has 0 unspecified atom stereocenters. The predicted octanol–water partition coefficient (Wildman–Crippen LogP) is 1.35. The molecule has 1 aliphatic heterocycles. The second-order valence-electron chi connectivity index (χ2n) is 2.63. The van der Waals surface area contributed by atoms with E-state index in [0.717, 1.165) is 5.01 Å². The second kappa shape index (κ2) is 2.58. The highest BCUT2D eigenvalue weighted by atomic mass is 19.2. The van der Waals surface area contributed by atoms with Crippen molar-refractivity contribution in [3.8, 4) is 0 Å². The molecule has 0 N–H and O–H groups in total. The van der Waals surface area contributed by atoms with Crippen molar-refractivity contribution in [2.75, 3.05) is 16.8 Å². The summed E-state index contributed by atoms with van der Waals surface area (Å²) in [6.07, 6.45) is 0. The van der Waals surface area contributed by atoms with Gasteiger partial charge in [0.2, 0.25) is 0 Å². The Bertz CT molecular complexity index is 357. The van der Waals surface area contributed by atoms with Gasteiger partial charge in [-0.1, -0.05) is 21.6 Å². The molecule has 0 spiro atoms. The summed E-state index contributed by atoms with van der Waals surface area (Å²) in [5.74, 6) is 0. The zero-order valence-electron chi connectivity index (χ0n) is 6.55. The molecule has 1 heterocycles. The molecule has 13 heavy (non-hydrogen) atoms. The molecular weight excluding hydrogens is 177 g/mol. The van der Waals surface area contributed by atoms with Gasteiger partial charge in [-0.05, 0) is 12.1 Å². The number of nitro groups is 1. The van der Waals surface area contributed by atoms with Crippen LogP contribution in [-0.4, -0.2) is 11.7 Å². The molecule has 1 aromatic carbocycles. The Kier molecular flexibility index (Phi) is 1.54. The van der Waals surface area contributed by atoms with Crippen LogP contribution in [0.4, 0.5) is 15.9 Å². The molecule has 0 amide bonds. The first-order valence-corrected chi connectivity index (χ1v) is 3.64. The molecule has 0 saturated heterocycles. The Morgan fingerprint density at radius 2 is 2.00 bits per heavy atom. The highest BCUT2D eigenvalue weighted by Crippen LogP contribution is 2.35. The van der Waals surface area contributed by atoms with Crippen LogP contribution >= 0.6 is 0 Å². The van der Waals surface area contributed by atoms with Gasteiger partial charge in [-0.15, -0.1) is 0 Å². The Balaban J connectivity index is 2.47. The summed E-state index contributed by atoms with van der Waals surface area (Å²) in [4.78, 5) is 10.4. The van der Waals surface area contributed by atoms with Crippen LogP contribution in [0.15, 0.2) is 24.3 Å². The molecule has 0 fully saturated rings. The van der Waals surface area contributed by atoms with Crippen molar-refractivity contribution >= 4 is 11.4 Å². The van der Waals surface area contributed by atoms with Crippen LogP contribution in [0.25, 0.3) is 0 Å². The maximum absolute atomic E-state index is 13.0. The van der Waals surface area contributed by atoms with E-state index in [4.69, 9.17) is 0 Å². The summed E-state index contributed by atoms with van der Waals surface area (Å²) >= 11 is 0. The number of anilines is 2. The first kappa shape index (κ1) is 7.78. The lowest BCUT2D eigenvalue weighted by atomic mass is 10.3. The van der Waals surface area contributed by atoms with Crippen molar-refractivity contribution in [1.29, 1.82) is 0 Å². The highest BCUT2D eigenvalue weighted by Gasteiger charge is 2.33.